The number of hydrogen-bond donors (Lipinski definition) is 0. The van der Waals surface area contributed by atoms with Crippen LogP contribution in [0.2, 0.25) is 0 Å². The van der Waals surface area contributed by atoms with E-state index in [1.165, 1.54) is 0 Å². The molecule has 0 radical (unpaired) electrons. The molecule has 1 amide bonds. The fraction of sp³-hybridized carbons (Fsp3) is 0.292. The zero-order valence-electron chi connectivity index (χ0n) is 16.9. The quantitative estimate of drug-likeness (QED) is 0.610. The van der Waals surface area contributed by atoms with Crippen LogP contribution in [0.3, 0.4) is 0 Å². The highest BCUT2D eigenvalue weighted by atomic mass is 16.5. The van der Waals surface area contributed by atoms with E-state index < -0.39 is 0 Å². The Balaban J connectivity index is 1.63. The van der Waals surface area contributed by atoms with Crippen LogP contribution in [-0.2, 0) is 11.3 Å². The molecule has 0 spiro atoms. The lowest BCUT2D eigenvalue weighted by Crippen LogP contribution is -2.38. The number of hydrogen-bond acceptors (Lipinski definition) is 3. The van der Waals surface area contributed by atoms with Gasteiger partial charge in [-0.2, -0.15) is 0 Å². The van der Waals surface area contributed by atoms with Crippen molar-refractivity contribution in [3.63, 3.8) is 0 Å². The van der Waals surface area contributed by atoms with E-state index in [2.05, 4.69) is 28.8 Å². The predicted molar refractivity (Wildman–Crippen MR) is 112 cm³/mol. The Morgan fingerprint density at radius 1 is 0.931 bits per heavy atom. The summed E-state index contributed by atoms with van der Waals surface area (Å²) in [4.78, 5) is 14.8. The smallest absolute Gasteiger partial charge is 0.223 e. The number of nitrogens with zero attached hydrogens (tertiary/aromatic N) is 2. The van der Waals surface area contributed by atoms with Crippen LogP contribution in [0.15, 0.2) is 67.0 Å². The molecular weight excluding hydrogens is 364 g/mol. The van der Waals surface area contributed by atoms with E-state index in [-0.39, 0.29) is 11.9 Å². The molecule has 5 heteroatoms. The lowest BCUT2D eigenvalue weighted by atomic mass is 9.92. The highest BCUT2D eigenvalue weighted by molar-refractivity contribution is 5.78. The number of methoxy groups -OCH3 is 2. The number of carbonyl (C=O) groups excluding carboxylic acids is 1. The highest BCUT2D eigenvalue weighted by Gasteiger charge is 2.33. The Bertz CT molecular complexity index is 942. The summed E-state index contributed by atoms with van der Waals surface area (Å²) in [7, 11) is 3.32. The van der Waals surface area contributed by atoms with E-state index >= 15 is 0 Å². The average molecular weight is 390 g/mol. The molecule has 150 valence electrons. The maximum absolute atomic E-state index is 12.9. The molecule has 4 rings (SSSR count). The molecule has 0 aliphatic carbocycles. The van der Waals surface area contributed by atoms with Crippen molar-refractivity contribution < 1.29 is 14.3 Å². The molecule has 1 fully saturated rings. The third-order valence-electron chi connectivity index (χ3n) is 5.56. The van der Waals surface area contributed by atoms with Gasteiger partial charge in [-0.05, 0) is 54.8 Å². The number of likely N-dealkylation sites (tertiary alicyclic amines) is 1. The van der Waals surface area contributed by atoms with Crippen LogP contribution in [-0.4, -0.2) is 29.6 Å². The summed E-state index contributed by atoms with van der Waals surface area (Å²) < 4.78 is 13.3. The van der Waals surface area contributed by atoms with Crippen molar-refractivity contribution in [3.05, 3.63) is 78.1 Å². The molecule has 1 aliphatic heterocycles. The molecule has 1 aliphatic rings. The molecule has 1 aromatic heterocycles. The number of ether oxygens (including phenoxy) is 2. The van der Waals surface area contributed by atoms with Gasteiger partial charge in [-0.3, -0.25) is 4.79 Å². The molecule has 1 atom stereocenters. The van der Waals surface area contributed by atoms with Crippen LogP contribution >= 0.6 is 0 Å². The average Bonchev–Trinajstić information content (AvgIpc) is 3.30. The Morgan fingerprint density at radius 3 is 2.21 bits per heavy atom. The third-order valence-corrected chi connectivity index (χ3v) is 5.56. The lowest BCUT2D eigenvalue weighted by molar-refractivity contribution is -0.137. The van der Waals surface area contributed by atoms with Gasteiger partial charge in [-0.1, -0.05) is 18.2 Å². The first-order valence-electron chi connectivity index (χ1n) is 9.94. The third kappa shape index (κ3) is 3.86. The van der Waals surface area contributed by atoms with E-state index in [0.717, 1.165) is 41.2 Å². The van der Waals surface area contributed by atoms with Gasteiger partial charge in [-0.25, -0.2) is 0 Å². The second-order valence-corrected chi connectivity index (χ2v) is 7.26. The van der Waals surface area contributed by atoms with Crippen LogP contribution in [0.25, 0.3) is 5.69 Å². The number of piperidine rings is 1. The number of rotatable bonds is 6. The SMILES string of the molecule is COc1cccc(OC)c1C1CCCC(=O)N1Cc1ccc(-n2cccc2)cc1. The van der Waals surface area contributed by atoms with Gasteiger partial charge in [0.2, 0.25) is 5.91 Å². The van der Waals surface area contributed by atoms with Crippen molar-refractivity contribution in [2.24, 2.45) is 0 Å². The van der Waals surface area contributed by atoms with Crippen molar-refractivity contribution in [3.8, 4) is 17.2 Å². The van der Waals surface area contributed by atoms with Crippen LogP contribution < -0.4 is 9.47 Å². The first-order valence-corrected chi connectivity index (χ1v) is 9.94. The summed E-state index contributed by atoms with van der Waals surface area (Å²) in [6.07, 6.45) is 6.38. The van der Waals surface area contributed by atoms with Gasteiger partial charge in [-0.15, -0.1) is 0 Å². The maximum Gasteiger partial charge on any atom is 0.223 e. The van der Waals surface area contributed by atoms with E-state index in [9.17, 15) is 4.79 Å². The van der Waals surface area contributed by atoms with E-state index in [4.69, 9.17) is 9.47 Å². The molecule has 0 N–H and O–H groups in total. The summed E-state index contributed by atoms with van der Waals surface area (Å²) in [6.45, 7) is 0.566. The van der Waals surface area contributed by atoms with Crippen molar-refractivity contribution in [2.45, 2.75) is 31.8 Å². The number of carbonyl (C=O) groups is 1. The second kappa shape index (κ2) is 8.43. The minimum Gasteiger partial charge on any atom is -0.496 e. The molecule has 0 bridgehead atoms. The molecule has 29 heavy (non-hydrogen) atoms. The number of aromatic nitrogens is 1. The second-order valence-electron chi connectivity index (χ2n) is 7.26. The Labute approximate surface area is 171 Å². The Hall–Kier alpha value is -3.21. The molecule has 2 heterocycles. The fourth-order valence-electron chi connectivity index (χ4n) is 4.10. The first-order chi connectivity index (χ1) is 14.2. The molecule has 1 saturated heterocycles. The summed E-state index contributed by atoms with van der Waals surface area (Å²) in [5, 5.41) is 0. The predicted octanol–water partition coefficient (Wildman–Crippen LogP) is 4.75. The largest absolute Gasteiger partial charge is 0.496 e. The molecule has 5 nitrogen and oxygen atoms in total. The molecule has 3 aromatic rings. The summed E-state index contributed by atoms with van der Waals surface area (Å²) >= 11 is 0. The van der Waals surface area contributed by atoms with Gasteiger partial charge in [0.1, 0.15) is 11.5 Å². The van der Waals surface area contributed by atoms with Gasteiger partial charge in [0, 0.05) is 31.0 Å². The summed E-state index contributed by atoms with van der Waals surface area (Å²) in [5.74, 6) is 1.69. The number of amides is 1. The van der Waals surface area contributed by atoms with Gasteiger partial charge in [0.25, 0.3) is 0 Å². The molecule has 1 unspecified atom stereocenters. The molecule has 2 aromatic carbocycles. The maximum atomic E-state index is 12.9. The molecule has 0 saturated carbocycles. The van der Waals surface area contributed by atoms with Crippen molar-refractivity contribution in [1.29, 1.82) is 0 Å². The van der Waals surface area contributed by atoms with Crippen LogP contribution in [0.4, 0.5) is 0 Å². The minimum atomic E-state index is -0.0634. The zero-order chi connectivity index (χ0) is 20.2. The van der Waals surface area contributed by atoms with E-state index in [1.54, 1.807) is 14.2 Å². The summed E-state index contributed by atoms with van der Waals surface area (Å²) in [5.41, 5.74) is 3.16. The first kappa shape index (κ1) is 19.1. The lowest BCUT2D eigenvalue weighted by Gasteiger charge is -2.37. The van der Waals surface area contributed by atoms with Gasteiger partial charge in [0.05, 0.1) is 25.8 Å². The van der Waals surface area contributed by atoms with Crippen molar-refractivity contribution in [2.75, 3.05) is 14.2 Å². The monoisotopic (exact) mass is 390 g/mol. The van der Waals surface area contributed by atoms with Crippen LogP contribution in [0.5, 0.6) is 11.5 Å². The minimum absolute atomic E-state index is 0.0634. The van der Waals surface area contributed by atoms with E-state index in [1.807, 2.05) is 47.6 Å². The van der Waals surface area contributed by atoms with Crippen molar-refractivity contribution >= 4 is 5.91 Å². The van der Waals surface area contributed by atoms with Gasteiger partial charge < -0.3 is 18.9 Å². The van der Waals surface area contributed by atoms with E-state index in [0.29, 0.717) is 13.0 Å². The van der Waals surface area contributed by atoms with Crippen LogP contribution in [0.1, 0.15) is 36.4 Å². The summed E-state index contributed by atoms with van der Waals surface area (Å²) in [6, 6.07) is 18.1. The van der Waals surface area contributed by atoms with Gasteiger partial charge >= 0.3 is 0 Å². The van der Waals surface area contributed by atoms with Crippen LogP contribution in [0, 0.1) is 0 Å². The standard InChI is InChI=1S/C24H26N2O3/c1-28-21-8-6-9-22(29-2)24(21)20-7-5-10-23(27)26(20)17-18-11-13-19(14-12-18)25-15-3-4-16-25/h3-4,6,8-9,11-16,20H,5,7,10,17H2,1-2H3. The normalized spacial score (nSPS) is 16.7. The Morgan fingerprint density at radius 2 is 1.59 bits per heavy atom. The zero-order valence-corrected chi connectivity index (χ0v) is 16.9. The highest BCUT2D eigenvalue weighted by Crippen LogP contribution is 2.42. The number of benzene rings is 2. The van der Waals surface area contributed by atoms with Gasteiger partial charge in [0.15, 0.2) is 0 Å². The fourth-order valence-corrected chi connectivity index (χ4v) is 4.10. The topological polar surface area (TPSA) is 43.7 Å². The Kier molecular flexibility index (Phi) is 5.56. The van der Waals surface area contributed by atoms with Crippen molar-refractivity contribution in [1.82, 2.24) is 9.47 Å². The molecular formula is C24H26N2O3.